The number of carboxylic acid groups (broad SMARTS) is 1. The molecule has 1 heterocycles. The molecule has 134 valence electrons. The molecule has 5 nitrogen and oxygen atoms in total. The number of carboxylic acids is 1. The Morgan fingerprint density at radius 3 is 2.36 bits per heavy atom. The van der Waals surface area contributed by atoms with E-state index in [0.29, 0.717) is 31.0 Å². The monoisotopic (exact) mass is 362 g/mol. The first-order chi connectivity index (χ1) is 12.0. The van der Waals surface area contributed by atoms with E-state index in [0.717, 1.165) is 24.3 Å². The van der Waals surface area contributed by atoms with E-state index in [1.54, 1.807) is 0 Å². The highest BCUT2D eigenvalue weighted by Gasteiger charge is 2.37. The van der Waals surface area contributed by atoms with E-state index in [4.69, 9.17) is 11.6 Å². The van der Waals surface area contributed by atoms with E-state index in [2.05, 4.69) is 11.8 Å². The van der Waals surface area contributed by atoms with Crippen molar-refractivity contribution in [3.8, 4) is 0 Å². The number of rotatable bonds is 3. The molecular weight excluding hydrogens is 340 g/mol. The number of carbonyl (C=O) groups excluding carboxylic acids is 1. The van der Waals surface area contributed by atoms with Crippen molar-refractivity contribution in [2.75, 3.05) is 31.1 Å². The van der Waals surface area contributed by atoms with E-state index < -0.39 is 17.8 Å². The molecule has 1 aliphatic carbocycles. The Bertz CT molecular complexity index is 696. The van der Waals surface area contributed by atoms with Gasteiger partial charge in [0.2, 0.25) is 5.91 Å². The molecule has 0 unspecified atom stereocenters. The van der Waals surface area contributed by atoms with E-state index in [1.165, 1.54) is 0 Å². The molecule has 1 fully saturated rings. The Labute approximate surface area is 152 Å². The van der Waals surface area contributed by atoms with Crippen molar-refractivity contribution in [2.45, 2.75) is 19.8 Å². The van der Waals surface area contributed by atoms with E-state index >= 15 is 0 Å². The highest BCUT2D eigenvalue weighted by molar-refractivity contribution is 6.30. The molecule has 0 radical (unpaired) electrons. The Kier molecular flexibility index (Phi) is 5.33. The molecule has 0 bridgehead atoms. The molecule has 0 spiro atoms. The van der Waals surface area contributed by atoms with E-state index in [9.17, 15) is 14.7 Å². The van der Waals surface area contributed by atoms with Crippen LogP contribution < -0.4 is 4.90 Å². The summed E-state index contributed by atoms with van der Waals surface area (Å²) < 4.78 is 0. The van der Waals surface area contributed by atoms with Crippen molar-refractivity contribution in [2.24, 2.45) is 11.8 Å². The second-order valence-corrected chi connectivity index (χ2v) is 7.17. The van der Waals surface area contributed by atoms with Crippen molar-refractivity contribution >= 4 is 29.2 Å². The number of aliphatic carboxylic acids is 1. The molecule has 3 rings (SSSR count). The summed E-state index contributed by atoms with van der Waals surface area (Å²) in [4.78, 5) is 28.3. The van der Waals surface area contributed by atoms with Gasteiger partial charge >= 0.3 is 5.97 Å². The summed E-state index contributed by atoms with van der Waals surface area (Å²) in [5, 5.41) is 10.1. The lowest BCUT2D eigenvalue weighted by molar-refractivity contribution is -0.150. The highest BCUT2D eigenvalue weighted by atomic mass is 35.5. The van der Waals surface area contributed by atoms with Crippen LogP contribution in [0.5, 0.6) is 0 Å². The van der Waals surface area contributed by atoms with Gasteiger partial charge in [-0.1, -0.05) is 29.8 Å². The van der Waals surface area contributed by atoms with Crippen molar-refractivity contribution < 1.29 is 14.7 Å². The van der Waals surface area contributed by atoms with Gasteiger partial charge in [-0.2, -0.15) is 0 Å². The zero-order valence-corrected chi connectivity index (χ0v) is 15.1. The van der Waals surface area contributed by atoms with Crippen LogP contribution >= 0.6 is 11.6 Å². The number of amides is 1. The van der Waals surface area contributed by atoms with Crippen LogP contribution in [0.1, 0.15) is 18.4 Å². The molecule has 1 aliphatic heterocycles. The first-order valence-corrected chi connectivity index (χ1v) is 9.03. The molecule has 2 aliphatic rings. The van der Waals surface area contributed by atoms with Crippen LogP contribution in [-0.4, -0.2) is 48.1 Å². The fraction of sp³-hybridized carbons (Fsp3) is 0.474. The normalized spacial score (nSPS) is 23.6. The minimum Gasteiger partial charge on any atom is -0.481 e. The van der Waals surface area contributed by atoms with Gasteiger partial charge in [-0.05, 0) is 37.5 Å². The molecule has 6 heteroatoms. The van der Waals surface area contributed by atoms with Crippen molar-refractivity contribution in [3.05, 3.63) is 40.9 Å². The first kappa shape index (κ1) is 17.8. The highest BCUT2D eigenvalue weighted by Crippen LogP contribution is 2.29. The maximum Gasteiger partial charge on any atom is 0.307 e. The summed E-state index contributed by atoms with van der Waals surface area (Å²) in [6, 6.07) is 5.84. The molecule has 0 saturated carbocycles. The van der Waals surface area contributed by atoms with Crippen LogP contribution in [0.15, 0.2) is 30.4 Å². The molecule has 1 amide bonds. The second kappa shape index (κ2) is 7.48. The number of aryl methyl sites for hydroxylation is 1. The maximum absolute atomic E-state index is 12.8. The number of halogens is 1. The van der Waals surface area contributed by atoms with Crippen molar-refractivity contribution in [3.63, 3.8) is 0 Å². The predicted octanol–water partition coefficient (Wildman–Crippen LogP) is 2.96. The Morgan fingerprint density at radius 2 is 1.72 bits per heavy atom. The van der Waals surface area contributed by atoms with E-state index in [1.807, 2.05) is 35.3 Å². The van der Waals surface area contributed by atoms with Crippen LogP contribution in [0.25, 0.3) is 0 Å². The number of benzene rings is 1. The number of piperazine rings is 1. The zero-order valence-electron chi connectivity index (χ0n) is 14.3. The summed E-state index contributed by atoms with van der Waals surface area (Å²) in [6.45, 7) is 4.73. The lowest BCUT2D eigenvalue weighted by Crippen LogP contribution is -2.52. The van der Waals surface area contributed by atoms with Crippen LogP contribution in [0.2, 0.25) is 5.02 Å². The van der Waals surface area contributed by atoms with Gasteiger partial charge in [-0.25, -0.2) is 0 Å². The molecule has 1 aromatic carbocycles. The number of hydrogen-bond donors (Lipinski definition) is 1. The maximum atomic E-state index is 12.8. The fourth-order valence-electron chi connectivity index (χ4n) is 3.69. The van der Waals surface area contributed by atoms with E-state index in [-0.39, 0.29) is 5.91 Å². The van der Waals surface area contributed by atoms with Crippen LogP contribution in [0.4, 0.5) is 5.69 Å². The van der Waals surface area contributed by atoms with Gasteiger partial charge < -0.3 is 14.9 Å². The average molecular weight is 363 g/mol. The van der Waals surface area contributed by atoms with Gasteiger partial charge in [0.15, 0.2) is 0 Å². The first-order valence-electron chi connectivity index (χ1n) is 8.65. The van der Waals surface area contributed by atoms with Gasteiger partial charge in [0.05, 0.1) is 11.8 Å². The molecule has 25 heavy (non-hydrogen) atoms. The summed E-state index contributed by atoms with van der Waals surface area (Å²) in [5.74, 6) is -1.96. The average Bonchev–Trinajstić information content (AvgIpc) is 2.63. The van der Waals surface area contributed by atoms with Gasteiger partial charge in [-0.15, -0.1) is 0 Å². The minimum absolute atomic E-state index is 0.0285. The number of anilines is 1. The third-order valence-corrected chi connectivity index (χ3v) is 5.41. The number of carbonyl (C=O) groups is 2. The largest absolute Gasteiger partial charge is 0.481 e. The molecule has 0 aromatic heterocycles. The zero-order chi connectivity index (χ0) is 18.0. The number of hydrogen-bond acceptors (Lipinski definition) is 3. The third-order valence-electron chi connectivity index (χ3n) is 5.17. The number of allylic oxidation sites excluding steroid dienone is 2. The van der Waals surface area contributed by atoms with Crippen LogP contribution in [-0.2, 0) is 9.59 Å². The van der Waals surface area contributed by atoms with Gasteiger partial charge in [0, 0.05) is 36.9 Å². The van der Waals surface area contributed by atoms with Crippen LogP contribution in [0, 0.1) is 18.8 Å². The number of nitrogens with zero attached hydrogens (tertiary/aromatic N) is 2. The third kappa shape index (κ3) is 3.82. The lowest BCUT2D eigenvalue weighted by atomic mass is 9.82. The quantitative estimate of drug-likeness (QED) is 0.840. The van der Waals surface area contributed by atoms with Gasteiger partial charge in [0.25, 0.3) is 0 Å². The standard InChI is InChI=1S/C19H23ClN2O3/c1-13-6-7-14(20)12-17(13)21-8-10-22(11-9-21)18(23)15-4-2-3-5-16(15)19(24)25/h2-3,6-7,12,15-16H,4-5,8-11H2,1H3,(H,24,25)/t15-,16-/m1/s1. The van der Waals surface area contributed by atoms with Gasteiger partial charge in [0.1, 0.15) is 0 Å². The molecule has 1 N–H and O–H groups in total. The smallest absolute Gasteiger partial charge is 0.307 e. The molecule has 1 saturated heterocycles. The summed E-state index contributed by atoms with van der Waals surface area (Å²) in [6.07, 6.45) is 4.74. The summed E-state index contributed by atoms with van der Waals surface area (Å²) in [7, 11) is 0. The Hall–Kier alpha value is -2.01. The second-order valence-electron chi connectivity index (χ2n) is 6.74. The minimum atomic E-state index is -0.879. The fourth-order valence-corrected chi connectivity index (χ4v) is 3.85. The summed E-state index contributed by atoms with van der Waals surface area (Å²) >= 11 is 6.11. The SMILES string of the molecule is Cc1ccc(Cl)cc1N1CCN(C(=O)[C@@H]2CC=CC[C@H]2C(=O)O)CC1. The molecule has 1 aromatic rings. The summed E-state index contributed by atoms with van der Waals surface area (Å²) in [5.41, 5.74) is 2.26. The van der Waals surface area contributed by atoms with Crippen molar-refractivity contribution in [1.29, 1.82) is 0 Å². The van der Waals surface area contributed by atoms with Crippen molar-refractivity contribution in [1.82, 2.24) is 4.90 Å². The topological polar surface area (TPSA) is 60.9 Å². The molecular formula is C19H23ClN2O3. The molecule has 2 atom stereocenters. The van der Waals surface area contributed by atoms with Crippen LogP contribution in [0.3, 0.4) is 0 Å². The van der Waals surface area contributed by atoms with Gasteiger partial charge in [-0.3, -0.25) is 9.59 Å². The lowest BCUT2D eigenvalue weighted by Gasteiger charge is -2.39. The Balaban J connectivity index is 1.65. The predicted molar refractivity (Wildman–Crippen MR) is 98.0 cm³/mol. The Morgan fingerprint density at radius 1 is 1.08 bits per heavy atom.